The number of thiophene rings is 2. The maximum absolute atomic E-state index is 13.8. The van der Waals surface area contributed by atoms with Gasteiger partial charge >= 0.3 is 0 Å². The second-order valence-corrected chi connectivity index (χ2v) is 10.4. The van der Waals surface area contributed by atoms with Gasteiger partial charge in [0, 0.05) is 15.8 Å². The lowest BCUT2D eigenvalue weighted by Crippen LogP contribution is -2.47. The summed E-state index contributed by atoms with van der Waals surface area (Å²) in [5.41, 5.74) is 1.62. The summed E-state index contributed by atoms with van der Waals surface area (Å²) in [5.74, 6) is 0.318. The van der Waals surface area contributed by atoms with Crippen LogP contribution in [0.15, 0.2) is 53.2 Å². The summed E-state index contributed by atoms with van der Waals surface area (Å²) in [7, 11) is 1.59. The Balaban J connectivity index is 1.77. The lowest BCUT2D eigenvalue weighted by atomic mass is 9.95. The van der Waals surface area contributed by atoms with E-state index >= 15 is 0 Å². The first-order valence-electron chi connectivity index (χ1n) is 11.4. The largest absolute Gasteiger partial charge is 0.495 e. The van der Waals surface area contributed by atoms with E-state index in [4.69, 9.17) is 4.74 Å². The minimum Gasteiger partial charge on any atom is -0.495 e. The van der Waals surface area contributed by atoms with Crippen molar-refractivity contribution >= 4 is 40.2 Å². The van der Waals surface area contributed by atoms with Crippen LogP contribution in [0.4, 0.5) is 5.69 Å². The van der Waals surface area contributed by atoms with Crippen LogP contribution in [0.25, 0.3) is 0 Å². The Kier molecular flexibility index (Phi) is 7.83. The molecule has 2 aromatic heterocycles. The van der Waals surface area contributed by atoms with E-state index in [1.54, 1.807) is 23.3 Å². The summed E-state index contributed by atoms with van der Waals surface area (Å²) in [6, 6.07) is 12.7. The molecule has 1 N–H and O–H groups in total. The fourth-order valence-electron chi connectivity index (χ4n) is 4.44. The minimum atomic E-state index is -0.754. The highest BCUT2D eigenvalue weighted by Crippen LogP contribution is 2.38. The van der Waals surface area contributed by atoms with Crippen molar-refractivity contribution in [3.63, 3.8) is 0 Å². The van der Waals surface area contributed by atoms with Crippen LogP contribution in [-0.2, 0) is 16.0 Å². The lowest BCUT2D eigenvalue weighted by molar-refractivity contribution is -0.127. The predicted octanol–water partition coefficient (Wildman–Crippen LogP) is 5.89. The Morgan fingerprint density at radius 3 is 2.52 bits per heavy atom. The summed E-state index contributed by atoms with van der Waals surface area (Å²) >= 11 is 3.06. The Hall–Kier alpha value is -2.64. The third-order valence-corrected chi connectivity index (χ3v) is 8.07. The highest BCUT2D eigenvalue weighted by atomic mass is 32.1. The zero-order chi connectivity index (χ0) is 23.2. The average molecular weight is 483 g/mol. The topological polar surface area (TPSA) is 58.6 Å². The van der Waals surface area contributed by atoms with Crippen molar-refractivity contribution in [2.45, 2.75) is 57.5 Å². The molecule has 1 aromatic carbocycles. The van der Waals surface area contributed by atoms with Gasteiger partial charge in [-0.05, 0) is 60.4 Å². The van der Waals surface area contributed by atoms with Gasteiger partial charge in [-0.3, -0.25) is 14.5 Å². The van der Waals surface area contributed by atoms with Crippen LogP contribution < -0.4 is 15.0 Å². The number of amides is 2. The molecule has 1 fully saturated rings. The second-order valence-electron chi connectivity index (χ2n) is 8.41. The quantitative estimate of drug-likeness (QED) is 0.435. The van der Waals surface area contributed by atoms with Crippen LogP contribution in [0.5, 0.6) is 5.75 Å². The van der Waals surface area contributed by atoms with Gasteiger partial charge in [-0.1, -0.05) is 37.5 Å². The molecule has 1 atom stereocenters. The number of nitrogens with zero attached hydrogens (tertiary/aromatic N) is 1. The highest BCUT2D eigenvalue weighted by Gasteiger charge is 2.37. The molecule has 0 radical (unpaired) electrons. The molecule has 5 nitrogen and oxygen atoms in total. The first kappa shape index (κ1) is 23.5. The van der Waals surface area contributed by atoms with Gasteiger partial charge in [-0.2, -0.15) is 0 Å². The van der Waals surface area contributed by atoms with Crippen molar-refractivity contribution < 1.29 is 14.3 Å². The van der Waals surface area contributed by atoms with Crippen molar-refractivity contribution in [3.05, 3.63) is 68.5 Å². The Labute approximate surface area is 203 Å². The van der Waals surface area contributed by atoms with Gasteiger partial charge in [0.2, 0.25) is 11.8 Å². The molecule has 2 amide bonds. The molecule has 0 spiro atoms. The first-order valence-corrected chi connectivity index (χ1v) is 13.2. The molecule has 0 saturated heterocycles. The fourth-order valence-corrected chi connectivity index (χ4v) is 6.15. The summed E-state index contributed by atoms with van der Waals surface area (Å²) in [6.07, 6.45) is 5.67. The van der Waals surface area contributed by atoms with Gasteiger partial charge < -0.3 is 10.1 Å². The predicted molar refractivity (Wildman–Crippen MR) is 135 cm³/mol. The number of nitrogens with one attached hydrogen (secondary N) is 1. The number of carbonyl (C=O) groups excluding carboxylic acids is 2. The summed E-state index contributed by atoms with van der Waals surface area (Å²) < 4.78 is 5.62. The summed E-state index contributed by atoms with van der Waals surface area (Å²) in [5, 5.41) is 7.22. The molecule has 0 aliphatic heterocycles. The number of rotatable bonds is 8. The number of carbonyl (C=O) groups is 2. The van der Waals surface area contributed by atoms with Crippen LogP contribution in [0.1, 0.15) is 53.5 Å². The van der Waals surface area contributed by atoms with Gasteiger partial charge in [0.25, 0.3) is 0 Å². The van der Waals surface area contributed by atoms with E-state index < -0.39 is 6.04 Å². The number of hydrogen-bond acceptors (Lipinski definition) is 5. The zero-order valence-electron chi connectivity index (χ0n) is 19.1. The van der Waals surface area contributed by atoms with Gasteiger partial charge in [0.15, 0.2) is 6.04 Å². The molecule has 2 heterocycles. The molecule has 1 saturated carbocycles. The monoisotopic (exact) mass is 482 g/mol. The molecule has 174 valence electrons. The SMILES string of the molecule is COc1ccccc1N(C(=O)Cc1cccs1)C(C(=O)NC1CCCCC1)c1sccc1C. The zero-order valence-corrected chi connectivity index (χ0v) is 20.7. The number of hydrogen-bond donors (Lipinski definition) is 1. The first-order chi connectivity index (χ1) is 16.1. The van der Waals surface area contributed by atoms with E-state index in [0.717, 1.165) is 41.0 Å². The van der Waals surface area contributed by atoms with Gasteiger partial charge in [0.05, 0.1) is 19.2 Å². The van der Waals surface area contributed by atoms with Crippen molar-refractivity contribution in [1.82, 2.24) is 5.32 Å². The van der Waals surface area contributed by atoms with Crippen molar-refractivity contribution in [2.75, 3.05) is 12.0 Å². The van der Waals surface area contributed by atoms with Crippen molar-refractivity contribution in [2.24, 2.45) is 0 Å². The summed E-state index contributed by atoms with van der Waals surface area (Å²) in [4.78, 5) is 31.2. The smallest absolute Gasteiger partial charge is 0.248 e. The molecule has 1 aliphatic carbocycles. The lowest BCUT2D eigenvalue weighted by Gasteiger charge is -2.33. The van der Waals surface area contributed by atoms with E-state index in [-0.39, 0.29) is 24.3 Å². The second kappa shape index (κ2) is 11.0. The van der Waals surface area contributed by atoms with Crippen LogP contribution in [0.3, 0.4) is 0 Å². The van der Waals surface area contributed by atoms with Gasteiger partial charge in [-0.25, -0.2) is 0 Å². The molecule has 1 aliphatic rings. The average Bonchev–Trinajstić information content (AvgIpc) is 3.49. The summed E-state index contributed by atoms with van der Waals surface area (Å²) in [6.45, 7) is 2.00. The minimum absolute atomic E-state index is 0.126. The standard InChI is InChI=1S/C26H30N2O3S2/c1-18-14-16-33-25(18)24(26(30)27-19-9-4-3-5-10-19)28(21-12-6-7-13-22(21)31-2)23(29)17-20-11-8-15-32-20/h6-8,11-16,19,24H,3-5,9-10,17H2,1-2H3,(H,27,30). The Bertz CT molecular complexity index is 1070. The van der Waals surface area contributed by atoms with Crippen LogP contribution in [-0.4, -0.2) is 25.0 Å². The number of para-hydroxylation sites is 2. The van der Waals surface area contributed by atoms with Gasteiger partial charge in [0.1, 0.15) is 5.75 Å². The van der Waals surface area contributed by atoms with Crippen LogP contribution >= 0.6 is 22.7 Å². The molecule has 3 aromatic rings. The highest BCUT2D eigenvalue weighted by molar-refractivity contribution is 7.10. The van der Waals surface area contributed by atoms with Gasteiger partial charge in [-0.15, -0.1) is 22.7 Å². The van der Waals surface area contributed by atoms with E-state index in [1.807, 2.05) is 60.1 Å². The molecular formula is C26H30N2O3S2. The van der Waals surface area contributed by atoms with Crippen molar-refractivity contribution in [3.8, 4) is 5.75 Å². The van der Waals surface area contributed by atoms with E-state index in [1.165, 1.54) is 17.8 Å². The maximum atomic E-state index is 13.8. The van der Waals surface area contributed by atoms with E-state index in [2.05, 4.69) is 5.32 Å². The Morgan fingerprint density at radius 1 is 1.06 bits per heavy atom. The number of aryl methyl sites for hydroxylation is 1. The van der Waals surface area contributed by atoms with Crippen LogP contribution in [0, 0.1) is 6.92 Å². The Morgan fingerprint density at radius 2 is 1.85 bits per heavy atom. The van der Waals surface area contributed by atoms with Crippen LogP contribution in [0.2, 0.25) is 0 Å². The maximum Gasteiger partial charge on any atom is 0.248 e. The van der Waals surface area contributed by atoms with Crippen molar-refractivity contribution in [1.29, 1.82) is 0 Å². The van der Waals surface area contributed by atoms with E-state index in [9.17, 15) is 9.59 Å². The fraction of sp³-hybridized carbons (Fsp3) is 0.385. The molecular weight excluding hydrogens is 452 g/mol. The molecule has 33 heavy (non-hydrogen) atoms. The third kappa shape index (κ3) is 5.47. The third-order valence-electron chi connectivity index (χ3n) is 6.13. The molecule has 4 rings (SSSR count). The number of benzene rings is 1. The number of methoxy groups -OCH3 is 1. The molecule has 0 bridgehead atoms. The normalized spacial score (nSPS) is 15.1. The molecule has 7 heteroatoms. The van der Waals surface area contributed by atoms with E-state index in [0.29, 0.717) is 11.4 Å². The number of ether oxygens (including phenoxy) is 1. The molecule has 1 unspecified atom stereocenters. The number of anilines is 1.